The molecule has 2 unspecified atom stereocenters. The Morgan fingerprint density at radius 1 is 1.17 bits per heavy atom. The maximum absolute atomic E-state index is 13.2. The largest absolute Gasteiger partial charge is 0.450 e. The van der Waals surface area contributed by atoms with Crippen LogP contribution < -0.4 is 10.6 Å². The molecule has 2 aromatic rings. The predicted octanol–water partition coefficient (Wildman–Crippen LogP) is 3.50. The molecule has 0 bridgehead atoms. The fraction of sp³-hybridized carbons (Fsp3) is 0.565. The third-order valence-electron chi connectivity index (χ3n) is 6.42. The van der Waals surface area contributed by atoms with Crippen molar-refractivity contribution in [2.24, 2.45) is 5.92 Å². The molecule has 3 heterocycles. The first-order valence-electron chi connectivity index (χ1n) is 10.8. The number of rotatable bonds is 4. The molecular formula is C23H32ClN3O3. The fourth-order valence-corrected chi connectivity index (χ4v) is 4.72. The Kier molecular flexibility index (Phi) is 7.09. The van der Waals surface area contributed by atoms with E-state index < -0.39 is 0 Å². The van der Waals surface area contributed by atoms with Crippen LogP contribution in [0.5, 0.6) is 0 Å². The van der Waals surface area contributed by atoms with Gasteiger partial charge in [-0.2, -0.15) is 0 Å². The number of likely N-dealkylation sites (tertiary alicyclic amines) is 1. The minimum atomic E-state index is -0.0546. The summed E-state index contributed by atoms with van der Waals surface area (Å²) in [4.78, 5) is 27.4. The molecule has 2 fully saturated rings. The van der Waals surface area contributed by atoms with Gasteiger partial charge in [-0.05, 0) is 70.0 Å². The van der Waals surface area contributed by atoms with Crippen molar-refractivity contribution in [3.05, 3.63) is 34.6 Å². The molecule has 2 saturated heterocycles. The molecule has 0 radical (unpaired) electrons. The molecule has 164 valence electrons. The second-order valence-electron chi connectivity index (χ2n) is 8.61. The van der Waals surface area contributed by atoms with E-state index in [0.717, 1.165) is 66.4 Å². The van der Waals surface area contributed by atoms with E-state index in [9.17, 15) is 9.59 Å². The summed E-state index contributed by atoms with van der Waals surface area (Å²) < 4.78 is 6.06. The van der Waals surface area contributed by atoms with Gasteiger partial charge in [0.15, 0.2) is 5.76 Å². The van der Waals surface area contributed by atoms with E-state index in [-0.39, 0.29) is 36.2 Å². The number of aryl methyl sites for hydroxylation is 3. The van der Waals surface area contributed by atoms with Gasteiger partial charge in [0, 0.05) is 30.6 Å². The topological polar surface area (TPSA) is 74.6 Å². The minimum Gasteiger partial charge on any atom is -0.450 e. The van der Waals surface area contributed by atoms with Crippen LogP contribution in [0.25, 0.3) is 11.0 Å². The van der Waals surface area contributed by atoms with Gasteiger partial charge < -0.3 is 20.0 Å². The monoisotopic (exact) mass is 433 g/mol. The molecule has 0 aliphatic carbocycles. The number of benzene rings is 1. The Labute approximate surface area is 184 Å². The smallest absolute Gasteiger partial charge is 0.289 e. The van der Waals surface area contributed by atoms with Gasteiger partial charge in [0.05, 0.1) is 6.04 Å². The molecule has 7 heteroatoms. The maximum atomic E-state index is 13.2. The Balaban J connectivity index is 0.00000256. The number of carbonyl (C=O) groups is 2. The van der Waals surface area contributed by atoms with Gasteiger partial charge in [-0.15, -0.1) is 12.4 Å². The average Bonchev–Trinajstić information content (AvgIpc) is 3.38. The predicted molar refractivity (Wildman–Crippen MR) is 120 cm³/mol. The van der Waals surface area contributed by atoms with Gasteiger partial charge >= 0.3 is 0 Å². The normalized spacial score (nSPS) is 21.5. The lowest BCUT2D eigenvalue weighted by Gasteiger charge is -2.32. The van der Waals surface area contributed by atoms with E-state index in [2.05, 4.69) is 23.6 Å². The highest BCUT2D eigenvalue weighted by molar-refractivity contribution is 6.00. The first-order valence-corrected chi connectivity index (χ1v) is 10.8. The van der Waals surface area contributed by atoms with E-state index in [1.54, 1.807) is 0 Å². The average molecular weight is 434 g/mol. The molecule has 1 aromatic carbocycles. The number of hydrogen-bond acceptors (Lipinski definition) is 4. The molecule has 2 aliphatic heterocycles. The highest BCUT2D eigenvalue weighted by atomic mass is 35.5. The molecule has 2 aliphatic rings. The summed E-state index contributed by atoms with van der Waals surface area (Å²) >= 11 is 0. The quantitative estimate of drug-likeness (QED) is 0.773. The number of nitrogens with one attached hydrogen (secondary N) is 2. The zero-order chi connectivity index (χ0) is 20.5. The van der Waals surface area contributed by atoms with Crippen LogP contribution in [0, 0.1) is 26.7 Å². The van der Waals surface area contributed by atoms with Crippen molar-refractivity contribution in [3.8, 4) is 0 Å². The summed E-state index contributed by atoms with van der Waals surface area (Å²) in [5, 5.41) is 7.36. The summed E-state index contributed by atoms with van der Waals surface area (Å²) in [6.07, 6.45) is 3.94. The molecular weight excluding hydrogens is 402 g/mol. The summed E-state index contributed by atoms with van der Waals surface area (Å²) in [6, 6.07) is 4.06. The number of amides is 2. The number of furan rings is 1. The Bertz CT molecular complexity index is 933. The fourth-order valence-electron chi connectivity index (χ4n) is 4.72. The van der Waals surface area contributed by atoms with Gasteiger partial charge in [0.2, 0.25) is 5.91 Å². The Hall–Kier alpha value is -2.05. The van der Waals surface area contributed by atoms with Crippen molar-refractivity contribution in [1.82, 2.24) is 15.5 Å². The first-order chi connectivity index (χ1) is 14.0. The van der Waals surface area contributed by atoms with Crippen molar-refractivity contribution in [3.63, 3.8) is 0 Å². The summed E-state index contributed by atoms with van der Waals surface area (Å²) in [5.41, 5.74) is 3.92. The highest BCUT2D eigenvalue weighted by Gasteiger charge is 2.30. The molecule has 6 nitrogen and oxygen atoms in total. The van der Waals surface area contributed by atoms with Gasteiger partial charge in [0.25, 0.3) is 5.91 Å². The zero-order valence-corrected chi connectivity index (χ0v) is 18.9. The molecule has 2 amide bonds. The van der Waals surface area contributed by atoms with E-state index in [0.29, 0.717) is 18.8 Å². The van der Waals surface area contributed by atoms with E-state index in [1.807, 2.05) is 24.8 Å². The second kappa shape index (κ2) is 9.40. The third-order valence-corrected chi connectivity index (χ3v) is 6.42. The number of halogens is 1. The molecule has 2 N–H and O–H groups in total. The summed E-state index contributed by atoms with van der Waals surface area (Å²) in [5.74, 6) is 0.791. The number of piperidine rings is 1. The maximum Gasteiger partial charge on any atom is 0.289 e. The van der Waals surface area contributed by atoms with Crippen LogP contribution in [0.15, 0.2) is 16.5 Å². The lowest BCUT2D eigenvalue weighted by Crippen LogP contribution is -2.46. The SMILES string of the molecule is Cc1ccc(C)c2c(C)c(C(=O)N3CCCC(CNC(=O)C4CCCN4)C3)oc12.Cl. The lowest BCUT2D eigenvalue weighted by molar-refractivity contribution is -0.123. The summed E-state index contributed by atoms with van der Waals surface area (Å²) in [7, 11) is 0. The number of hydrogen-bond donors (Lipinski definition) is 2. The van der Waals surface area contributed by atoms with Crippen molar-refractivity contribution in [2.75, 3.05) is 26.2 Å². The van der Waals surface area contributed by atoms with Gasteiger partial charge in [-0.1, -0.05) is 12.1 Å². The third kappa shape index (κ3) is 4.35. The Morgan fingerprint density at radius 2 is 1.93 bits per heavy atom. The second-order valence-corrected chi connectivity index (χ2v) is 8.61. The highest BCUT2D eigenvalue weighted by Crippen LogP contribution is 2.32. The standard InChI is InChI=1S/C23H31N3O3.ClH/c1-14-8-9-15(2)20-19(14)16(3)21(29-20)23(28)26-11-5-6-17(13-26)12-25-22(27)18-7-4-10-24-18;/h8-9,17-18,24H,4-7,10-13H2,1-3H3,(H,25,27);1H. The van der Waals surface area contributed by atoms with Crippen LogP contribution in [-0.4, -0.2) is 48.9 Å². The zero-order valence-electron chi connectivity index (χ0n) is 18.0. The van der Waals surface area contributed by atoms with E-state index in [1.165, 1.54) is 0 Å². The molecule has 30 heavy (non-hydrogen) atoms. The van der Waals surface area contributed by atoms with Gasteiger partial charge in [0.1, 0.15) is 5.58 Å². The minimum absolute atomic E-state index is 0. The molecule has 4 rings (SSSR count). The van der Waals surface area contributed by atoms with Gasteiger partial charge in [-0.25, -0.2) is 0 Å². The van der Waals surface area contributed by atoms with Gasteiger partial charge in [-0.3, -0.25) is 9.59 Å². The van der Waals surface area contributed by atoms with Crippen LogP contribution in [0.2, 0.25) is 0 Å². The van der Waals surface area contributed by atoms with Crippen LogP contribution in [0.4, 0.5) is 0 Å². The van der Waals surface area contributed by atoms with Crippen molar-refractivity contribution in [1.29, 1.82) is 0 Å². The lowest BCUT2D eigenvalue weighted by atomic mass is 9.97. The van der Waals surface area contributed by atoms with Crippen LogP contribution in [-0.2, 0) is 4.79 Å². The van der Waals surface area contributed by atoms with Crippen molar-refractivity contribution < 1.29 is 14.0 Å². The summed E-state index contributed by atoms with van der Waals surface area (Å²) in [6.45, 7) is 8.97. The van der Waals surface area contributed by atoms with E-state index >= 15 is 0 Å². The molecule has 0 saturated carbocycles. The van der Waals surface area contributed by atoms with Crippen LogP contribution in [0.1, 0.15) is 52.9 Å². The van der Waals surface area contributed by atoms with Crippen molar-refractivity contribution in [2.45, 2.75) is 52.5 Å². The molecule has 1 aromatic heterocycles. The first kappa shape index (κ1) is 22.6. The number of carbonyl (C=O) groups excluding carboxylic acids is 2. The molecule has 0 spiro atoms. The molecule has 2 atom stereocenters. The number of fused-ring (bicyclic) bond motifs is 1. The Morgan fingerprint density at radius 3 is 2.63 bits per heavy atom. The van der Waals surface area contributed by atoms with Crippen molar-refractivity contribution >= 4 is 35.2 Å². The number of nitrogens with zero attached hydrogens (tertiary/aromatic N) is 1. The van der Waals surface area contributed by atoms with E-state index in [4.69, 9.17) is 4.42 Å². The van der Waals surface area contributed by atoms with Crippen LogP contribution in [0.3, 0.4) is 0 Å². The van der Waals surface area contributed by atoms with Crippen LogP contribution >= 0.6 is 12.4 Å².